The lowest BCUT2D eigenvalue weighted by atomic mass is 10.1. The van der Waals surface area contributed by atoms with Crippen molar-refractivity contribution in [1.82, 2.24) is 14.8 Å². The molecule has 0 unspecified atom stereocenters. The Morgan fingerprint density at radius 2 is 2.26 bits per heavy atom. The first-order chi connectivity index (χ1) is 9.15. The fourth-order valence-electron chi connectivity index (χ4n) is 1.96. The molecule has 0 aliphatic rings. The molecule has 0 spiro atoms. The van der Waals surface area contributed by atoms with E-state index in [0.717, 1.165) is 24.0 Å². The number of ether oxygens (including phenoxy) is 1. The van der Waals surface area contributed by atoms with Gasteiger partial charge in [0, 0.05) is 30.1 Å². The van der Waals surface area contributed by atoms with Crippen LogP contribution in [0.4, 0.5) is 0 Å². The molecular formula is C14H17N3O2. The van der Waals surface area contributed by atoms with E-state index in [9.17, 15) is 4.79 Å². The molecule has 0 aliphatic heterocycles. The number of aldehydes is 1. The second kappa shape index (κ2) is 5.65. The van der Waals surface area contributed by atoms with Crippen LogP contribution in [0.25, 0.3) is 11.1 Å². The van der Waals surface area contributed by atoms with Gasteiger partial charge in [0.05, 0.1) is 18.9 Å². The topological polar surface area (TPSA) is 57.0 Å². The maximum absolute atomic E-state index is 11.2. The highest BCUT2D eigenvalue weighted by atomic mass is 16.5. The van der Waals surface area contributed by atoms with E-state index < -0.39 is 0 Å². The Balaban J connectivity index is 2.41. The highest BCUT2D eigenvalue weighted by Crippen LogP contribution is 2.27. The fraction of sp³-hybridized carbons (Fsp3) is 0.357. The highest BCUT2D eigenvalue weighted by molar-refractivity contribution is 5.89. The average molecular weight is 259 g/mol. The Morgan fingerprint density at radius 3 is 2.89 bits per heavy atom. The maximum atomic E-state index is 11.2. The Kier molecular flexibility index (Phi) is 3.94. The number of hydrogen-bond donors (Lipinski definition) is 0. The molecule has 100 valence electrons. The third kappa shape index (κ3) is 2.81. The van der Waals surface area contributed by atoms with Crippen LogP contribution in [0.15, 0.2) is 24.7 Å². The molecule has 0 N–H and O–H groups in total. The van der Waals surface area contributed by atoms with Gasteiger partial charge in [0.2, 0.25) is 5.88 Å². The van der Waals surface area contributed by atoms with Gasteiger partial charge in [-0.05, 0) is 12.0 Å². The molecule has 0 saturated heterocycles. The van der Waals surface area contributed by atoms with Crippen LogP contribution in [-0.4, -0.2) is 28.2 Å². The predicted molar refractivity (Wildman–Crippen MR) is 72.2 cm³/mol. The van der Waals surface area contributed by atoms with Gasteiger partial charge in [0.15, 0.2) is 6.29 Å². The van der Waals surface area contributed by atoms with Gasteiger partial charge in [-0.3, -0.25) is 9.48 Å². The average Bonchev–Trinajstić information content (AvgIpc) is 2.85. The summed E-state index contributed by atoms with van der Waals surface area (Å²) < 4.78 is 6.98. The summed E-state index contributed by atoms with van der Waals surface area (Å²) in [7, 11) is 1.50. The van der Waals surface area contributed by atoms with Crippen LogP contribution >= 0.6 is 0 Å². The van der Waals surface area contributed by atoms with Crippen molar-refractivity contribution in [2.24, 2.45) is 5.92 Å². The van der Waals surface area contributed by atoms with Crippen molar-refractivity contribution in [1.29, 1.82) is 0 Å². The summed E-state index contributed by atoms with van der Waals surface area (Å²) in [6.07, 6.45) is 6.08. The summed E-state index contributed by atoms with van der Waals surface area (Å²) in [5, 5.41) is 4.30. The summed E-state index contributed by atoms with van der Waals surface area (Å²) in [6, 6.07) is 1.79. The molecule has 0 fully saturated rings. The van der Waals surface area contributed by atoms with E-state index in [2.05, 4.69) is 23.9 Å². The molecule has 0 bridgehead atoms. The van der Waals surface area contributed by atoms with Gasteiger partial charge in [-0.2, -0.15) is 5.10 Å². The van der Waals surface area contributed by atoms with Crippen LogP contribution in [0, 0.1) is 5.92 Å². The number of pyridine rings is 1. The smallest absolute Gasteiger partial charge is 0.224 e. The summed E-state index contributed by atoms with van der Waals surface area (Å²) in [5.74, 6) is 0.856. The molecule has 0 atom stereocenters. The number of rotatable bonds is 5. The number of nitrogens with zero attached hydrogens (tertiary/aromatic N) is 3. The molecule has 2 aromatic rings. The Morgan fingerprint density at radius 1 is 1.47 bits per heavy atom. The van der Waals surface area contributed by atoms with E-state index >= 15 is 0 Å². The zero-order chi connectivity index (χ0) is 13.8. The van der Waals surface area contributed by atoms with Crippen molar-refractivity contribution in [2.45, 2.75) is 20.4 Å². The molecule has 0 amide bonds. The van der Waals surface area contributed by atoms with Gasteiger partial charge in [0.1, 0.15) is 0 Å². The first-order valence-electron chi connectivity index (χ1n) is 6.16. The fourth-order valence-corrected chi connectivity index (χ4v) is 1.96. The first-order valence-corrected chi connectivity index (χ1v) is 6.16. The van der Waals surface area contributed by atoms with E-state index in [-0.39, 0.29) is 0 Å². The number of hydrogen-bond acceptors (Lipinski definition) is 4. The molecular weight excluding hydrogens is 242 g/mol. The third-order valence-electron chi connectivity index (χ3n) is 2.76. The second-order valence-corrected chi connectivity index (χ2v) is 4.74. The standard InChI is InChI=1S/C14H17N3O2/c1-10(2)7-17-8-11(6-16-17)12-4-5-15-14(19-3)13(12)9-18/h4-6,8-10H,7H2,1-3H3. The third-order valence-corrected chi connectivity index (χ3v) is 2.76. The minimum Gasteiger partial charge on any atom is -0.480 e. The molecule has 5 nitrogen and oxygen atoms in total. The van der Waals surface area contributed by atoms with Crippen LogP contribution in [0.5, 0.6) is 5.88 Å². The molecule has 5 heteroatoms. The van der Waals surface area contributed by atoms with Gasteiger partial charge >= 0.3 is 0 Å². The zero-order valence-corrected chi connectivity index (χ0v) is 11.3. The minimum atomic E-state index is 0.337. The highest BCUT2D eigenvalue weighted by Gasteiger charge is 2.13. The Labute approximate surface area is 112 Å². The van der Waals surface area contributed by atoms with Crippen molar-refractivity contribution in [3.05, 3.63) is 30.2 Å². The lowest BCUT2D eigenvalue weighted by Crippen LogP contribution is -2.04. The van der Waals surface area contributed by atoms with Crippen molar-refractivity contribution in [3.63, 3.8) is 0 Å². The van der Waals surface area contributed by atoms with Gasteiger partial charge in [-0.1, -0.05) is 13.8 Å². The van der Waals surface area contributed by atoms with Crippen molar-refractivity contribution >= 4 is 6.29 Å². The number of carbonyl (C=O) groups excluding carboxylic acids is 1. The summed E-state index contributed by atoms with van der Waals surface area (Å²) in [5.41, 5.74) is 2.13. The van der Waals surface area contributed by atoms with Crippen molar-refractivity contribution in [2.75, 3.05) is 7.11 Å². The van der Waals surface area contributed by atoms with Crippen LogP contribution in [0.2, 0.25) is 0 Å². The van der Waals surface area contributed by atoms with Crippen LogP contribution in [-0.2, 0) is 6.54 Å². The predicted octanol–water partition coefficient (Wildman–Crippen LogP) is 2.42. The second-order valence-electron chi connectivity index (χ2n) is 4.74. The molecule has 0 aliphatic carbocycles. The number of carbonyl (C=O) groups is 1. The molecule has 19 heavy (non-hydrogen) atoms. The molecule has 0 aromatic carbocycles. The normalized spacial score (nSPS) is 10.7. The first kappa shape index (κ1) is 13.3. The molecule has 0 radical (unpaired) electrons. The zero-order valence-electron chi connectivity index (χ0n) is 11.3. The summed E-state index contributed by atoms with van der Waals surface area (Å²) in [6.45, 7) is 5.11. The lowest BCUT2D eigenvalue weighted by molar-refractivity contribution is 0.112. The summed E-state index contributed by atoms with van der Waals surface area (Å²) >= 11 is 0. The van der Waals surface area contributed by atoms with Gasteiger partial charge < -0.3 is 4.74 Å². The Bertz CT molecular complexity index is 576. The molecule has 2 rings (SSSR count). The van der Waals surface area contributed by atoms with Gasteiger partial charge in [-0.25, -0.2) is 4.98 Å². The van der Waals surface area contributed by atoms with E-state index in [1.807, 2.05) is 10.9 Å². The number of methoxy groups -OCH3 is 1. The van der Waals surface area contributed by atoms with Gasteiger partial charge in [0.25, 0.3) is 0 Å². The van der Waals surface area contributed by atoms with Crippen LogP contribution in [0.1, 0.15) is 24.2 Å². The minimum absolute atomic E-state index is 0.337. The van der Waals surface area contributed by atoms with Crippen molar-refractivity contribution < 1.29 is 9.53 Å². The Hall–Kier alpha value is -2.17. The summed E-state index contributed by atoms with van der Waals surface area (Å²) in [4.78, 5) is 15.2. The van der Waals surface area contributed by atoms with E-state index in [1.54, 1.807) is 18.5 Å². The quantitative estimate of drug-likeness (QED) is 0.774. The SMILES string of the molecule is COc1nccc(-c2cnn(CC(C)C)c2)c1C=O. The van der Waals surface area contributed by atoms with Gasteiger partial charge in [-0.15, -0.1) is 0 Å². The molecule has 2 aromatic heterocycles. The molecule has 0 saturated carbocycles. The monoisotopic (exact) mass is 259 g/mol. The van der Waals surface area contributed by atoms with E-state index in [4.69, 9.17) is 4.74 Å². The van der Waals surface area contributed by atoms with Crippen molar-refractivity contribution in [3.8, 4) is 17.0 Å². The van der Waals surface area contributed by atoms with Crippen LogP contribution in [0.3, 0.4) is 0 Å². The number of aromatic nitrogens is 3. The van der Waals surface area contributed by atoms with E-state index in [1.165, 1.54) is 7.11 Å². The maximum Gasteiger partial charge on any atom is 0.224 e. The van der Waals surface area contributed by atoms with E-state index in [0.29, 0.717) is 17.4 Å². The largest absolute Gasteiger partial charge is 0.480 e. The molecule has 2 heterocycles. The van der Waals surface area contributed by atoms with Crippen LogP contribution < -0.4 is 4.74 Å². The lowest BCUT2D eigenvalue weighted by Gasteiger charge is -2.06.